The average Bonchev–Trinajstić information content (AvgIpc) is 2.51. The number of rotatable bonds is 3. The van der Waals surface area contributed by atoms with Crippen LogP contribution in [0.2, 0.25) is 15.1 Å². The monoisotopic (exact) mass is 357 g/mol. The summed E-state index contributed by atoms with van der Waals surface area (Å²) in [5, 5.41) is 3.28. The molecule has 2 aromatic rings. The predicted octanol–water partition coefficient (Wildman–Crippen LogP) is 4.69. The second-order valence-corrected chi connectivity index (χ2v) is 5.43. The van der Waals surface area contributed by atoms with E-state index in [4.69, 9.17) is 34.8 Å². The lowest BCUT2D eigenvalue weighted by Crippen LogP contribution is -2.13. The van der Waals surface area contributed by atoms with Crippen LogP contribution in [0.5, 0.6) is 0 Å². The first kappa shape index (κ1) is 16.6. The van der Waals surface area contributed by atoms with Crippen LogP contribution in [0.4, 0.5) is 5.69 Å². The number of anilines is 1. The Morgan fingerprint density at radius 2 is 1.77 bits per heavy atom. The third kappa shape index (κ3) is 3.53. The number of carbonyl (C=O) groups excluding carboxylic acids is 2. The molecule has 4 nitrogen and oxygen atoms in total. The molecule has 2 rings (SSSR count). The summed E-state index contributed by atoms with van der Waals surface area (Å²) in [7, 11) is 1.26. The highest BCUT2D eigenvalue weighted by atomic mass is 35.5. The van der Waals surface area contributed by atoms with Crippen molar-refractivity contribution in [3.63, 3.8) is 0 Å². The van der Waals surface area contributed by atoms with Crippen LogP contribution in [-0.4, -0.2) is 19.0 Å². The van der Waals surface area contributed by atoms with Gasteiger partial charge >= 0.3 is 5.97 Å². The highest BCUT2D eigenvalue weighted by Gasteiger charge is 2.15. The maximum absolute atomic E-state index is 12.3. The van der Waals surface area contributed by atoms with Gasteiger partial charge in [-0.2, -0.15) is 0 Å². The Bertz CT molecular complexity index is 747. The molecule has 22 heavy (non-hydrogen) atoms. The minimum atomic E-state index is -0.534. The minimum Gasteiger partial charge on any atom is -0.465 e. The van der Waals surface area contributed by atoms with Crippen LogP contribution in [-0.2, 0) is 4.74 Å². The summed E-state index contributed by atoms with van der Waals surface area (Å²) in [5.41, 5.74) is 0.735. The summed E-state index contributed by atoms with van der Waals surface area (Å²) >= 11 is 17.9. The fourth-order valence-corrected chi connectivity index (χ4v) is 2.29. The quantitative estimate of drug-likeness (QED) is 0.810. The molecule has 0 aromatic heterocycles. The first-order chi connectivity index (χ1) is 10.4. The van der Waals surface area contributed by atoms with E-state index in [-0.39, 0.29) is 31.9 Å². The van der Waals surface area contributed by atoms with E-state index < -0.39 is 11.9 Å². The first-order valence-electron chi connectivity index (χ1n) is 6.07. The van der Waals surface area contributed by atoms with Gasteiger partial charge in [0.05, 0.1) is 39.0 Å². The first-order valence-corrected chi connectivity index (χ1v) is 7.20. The van der Waals surface area contributed by atoms with Crippen LogP contribution in [0.25, 0.3) is 0 Å². The number of halogens is 3. The van der Waals surface area contributed by atoms with Gasteiger partial charge in [0.25, 0.3) is 5.91 Å². The molecule has 0 heterocycles. The third-order valence-electron chi connectivity index (χ3n) is 2.83. The van der Waals surface area contributed by atoms with Gasteiger partial charge in [0.1, 0.15) is 0 Å². The zero-order chi connectivity index (χ0) is 16.3. The van der Waals surface area contributed by atoms with E-state index >= 15 is 0 Å². The smallest absolute Gasteiger partial charge is 0.337 e. The number of benzene rings is 2. The van der Waals surface area contributed by atoms with E-state index in [1.165, 1.54) is 31.4 Å². The Morgan fingerprint density at radius 1 is 1.05 bits per heavy atom. The molecule has 2 aromatic carbocycles. The van der Waals surface area contributed by atoms with Gasteiger partial charge in [0.15, 0.2) is 0 Å². The van der Waals surface area contributed by atoms with E-state index in [1.807, 2.05) is 0 Å². The van der Waals surface area contributed by atoms with Crippen LogP contribution in [0.15, 0.2) is 36.4 Å². The van der Waals surface area contributed by atoms with E-state index in [1.54, 1.807) is 12.1 Å². The van der Waals surface area contributed by atoms with Crippen molar-refractivity contribution in [1.82, 2.24) is 0 Å². The van der Waals surface area contributed by atoms with Gasteiger partial charge < -0.3 is 10.1 Å². The van der Waals surface area contributed by atoms with Crippen LogP contribution >= 0.6 is 34.8 Å². The molecular weight excluding hydrogens is 349 g/mol. The van der Waals surface area contributed by atoms with E-state index in [2.05, 4.69) is 10.1 Å². The fraction of sp³-hybridized carbons (Fsp3) is 0.0667. The van der Waals surface area contributed by atoms with Crippen molar-refractivity contribution in [2.75, 3.05) is 12.4 Å². The Balaban J connectivity index is 2.32. The van der Waals surface area contributed by atoms with Gasteiger partial charge in [0.2, 0.25) is 0 Å². The maximum Gasteiger partial charge on any atom is 0.337 e. The SMILES string of the molecule is COC(=O)c1ccc(Cl)c(NC(=O)c2cccc(Cl)c2Cl)c1. The van der Waals surface area contributed by atoms with Crippen LogP contribution in [0, 0.1) is 0 Å². The number of ether oxygens (including phenoxy) is 1. The third-order valence-corrected chi connectivity index (χ3v) is 3.98. The second kappa shape index (κ2) is 7.01. The van der Waals surface area contributed by atoms with E-state index in [0.29, 0.717) is 0 Å². The number of esters is 1. The van der Waals surface area contributed by atoms with Crippen molar-refractivity contribution < 1.29 is 14.3 Å². The molecular formula is C15H10Cl3NO3. The Hall–Kier alpha value is -1.75. The molecule has 0 atom stereocenters. The van der Waals surface area contributed by atoms with Crippen LogP contribution < -0.4 is 5.32 Å². The van der Waals surface area contributed by atoms with Crippen molar-refractivity contribution in [3.05, 3.63) is 62.6 Å². The Kier molecular flexibility index (Phi) is 5.29. The van der Waals surface area contributed by atoms with Crippen molar-refractivity contribution in [3.8, 4) is 0 Å². The van der Waals surface area contributed by atoms with Crippen molar-refractivity contribution in [1.29, 1.82) is 0 Å². The van der Waals surface area contributed by atoms with Crippen molar-refractivity contribution in [2.24, 2.45) is 0 Å². The maximum atomic E-state index is 12.3. The Labute approximate surface area is 141 Å². The lowest BCUT2D eigenvalue weighted by Gasteiger charge is -2.10. The number of hydrogen-bond donors (Lipinski definition) is 1. The molecule has 0 fully saturated rings. The number of amides is 1. The number of methoxy groups -OCH3 is 1. The molecule has 0 aliphatic heterocycles. The normalized spacial score (nSPS) is 10.2. The van der Waals surface area contributed by atoms with Crippen LogP contribution in [0.3, 0.4) is 0 Å². The molecule has 1 N–H and O–H groups in total. The summed E-state index contributed by atoms with van der Waals surface area (Å²) in [5.74, 6) is -1.02. The van der Waals surface area contributed by atoms with Crippen molar-refractivity contribution >= 4 is 52.4 Å². The van der Waals surface area contributed by atoms with Gasteiger partial charge in [-0.15, -0.1) is 0 Å². The second-order valence-electron chi connectivity index (χ2n) is 4.24. The molecule has 0 spiro atoms. The molecule has 1 amide bonds. The standard InChI is InChI=1S/C15H10Cl3NO3/c1-22-15(21)8-5-6-10(16)12(7-8)19-14(20)9-3-2-4-11(17)13(9)18/h2-7H,1H3,(H,19,20). The molecule has 0 unspecified atom stereocenters. The molecule has 114 valence electrons. The molecule has 0 saturated heterocycles. The topological polar surface area (TPSA) is 55.4 Å². The predicted molar refractivity (Wildman–Crippen MR) is 87.2 cm³/mol. The number of hydrogen-bond acceptors (Lipinski definition) is 3. The highest BCUT2D eigenvalue weighted by molar-refractivity contribution is 6.44. The summed E-state index contributed by atoms with van der Waals surface area (Å²) in [4.78, 5) is 23.8. The van der Waals surface area contributed by atoms with Crippen LogP contribution in [0.1, 0.15) is 20.7 Å². The lowest BCUT2D eigenvalue weighted by molar-refractivity contribution is 0.0600. The number of nitrogens with one attached hydrogen (secondary N) is 1. The highest BCUT2D eigenvalue weighted by Crippen LogP contribution is 2.28. The van der Waals surface area contributed by atoms with Gasteiger partial charge in [-0.25, -0.2) is 4.79 Å². The molecule has 0 aliphatic rings. The molecule has 7 heteroatoms. The summed E-state index contributed by atoms with van der Waals surface area (Å²) in [6, 6.07) is 9.12. The Morgan fingerprint density at radius 3 is 2.45 bits per heavy atom. The van der Waals surface area contributed by atoms with Gasteiger partial charge in [-0.3, -0.25) is 4.79 Å². The van der Waals surface area contributed by atoms with E-state index in [0.717, 1.165) is 0 Å². The lowest BCUT2D eigenvalue weighted by atomic mass is 10.1. The molecule has 0 bridgehead atoms. The van der Waals surface area contributed by atoms with Gasteiger partial charge in [-0.1, -0.05) is 40.9 Å². The molecule has 0 radical (unpaired) electrons. The van der Waals surface area contributed by atoms with Gasteiger partial charge in [0, 0.05) is 0 Å². The summed E-state index contributed by atoms with van der Waals surface area (Å²) in [6.45, 7) is 0. The molecule has 0 saturated carbocycles. The summed E-state index contributed by atoms with van der Waals surface area (Å²) in [6.07, 6.45) is 0. The fourth-order valence-electron chi connectivity index (χ4n) is 1.73. The summed E-state index contributed by atoms with van der Waals surface area (Å²) < 4.78 is 4.62. The average molecular weight is 359 g/mol. The largest absolute Gasteiger partial charge is 0.465 e. The minimum absolute atomic E-state index is 0.141. The van der Waals surface area contributed by atoms with Gasteiger partial charge in [-0.05, 0) is 30.3 Å². The zero-order valence-electron chi connectivity index (χ0n) is 11.3. The zero-order valence-corrected chi connectivity index (χ0v) is 13.6. The van der Waals surface area contributed by atoms with E-state index in [9.17, 15) is 9.59 Å². The van der Waals surface area contributed by atoms with Crippen molar-refractivity contribution in [2.45, 2.75) is 0 Å². The molecule has 0 aliphatic carbocycles. The number of carbonyl (C=O) groups is 2.